The monoisotopic (exact) mass is 257 g/mol. The quantitative estimate of drug-likeness (QED) is 0.655. The van der Waals surface area contributed by atoms with E-state index in [9.17, 15) is 9.59 Å². The number of rotatable bonds is 6. The van der Waals surface area contributed by atoms with E-state index in [0.29, 0.717) is 6.54 Å². The van der Waals surface area contributed by atoms with Gasteiger partial charge in [-0.25, -0.2) is 4.79 Å². The van der Waals surface area contributed by atoms with Gasteiger partial charge in [0.25, 0.3) is 0 Å². The van der Waals surface area contributed by atoms with Gasteiger partial charge in [0.1, 0.15) is 0 Å². The molecule has 1 rings (SSSR count). The van der Waals surface area contributed by atoms with Crippen molar-refractivity contribution in [3.8, 4) is 0 Å². The van der Waals surface area contributed by atoms with Crippen molar-refractivity contribution < 1.29 is 14.7 Å². The highest BCUT2D eigenvalue weighted by Gasteiger charge is 2.14. The molecule has 17 heavy (non-hydrogen) atoms. The summed E-state index contributed by atoms with van der Waals surface area (Å²) >= 11 is 1.53. The molecule has 6 nitrogen and oxygen atoms in total. The number of nitrogens with two attached hydrogens (primary N) is 1. The van der Waals surface area contributed by atoms with Gasteiger partial charge in [0.05, 0.1) is 19.7 Å². The van der Waals surface area contributed by atoms with Gasteiger partial charge < -0.3 is 21.1 Å². The molecule has 0 aliphatic rings. The van der Waals surface area contributed by atoms with Crippen LogP contribution in [0.1, 0.15) is 4.88 Å². The Morgan fingerprint density at radius 2 is 2.29 bits per heavy atom. The van der Waals surface area contributed by atoms with Crippen molar-refractivity contribution >= 4 is 23.3 Å². The number of hydrogen-bond acceptors (Lipinski definition) is 4. The summed E-state index contributed by atoms with van der Waals surface area (Å²) < 4.78 is 0. The highest BCUT2D eigenvalue weighted by Crippen LogP contribution is 2.11. The molecule has 0 atom stereocenters. The maximum atomic E-state index is 11.7. The normalized spacial score (nSPS) is 9.94. The molecule has 0 radical (unpaired) electrons. The summed E-state index contributed by atoms with van der Waals surface area (Å²) in [5.41, 5.74) is 4.88. The van der Waals surface area contributed by atoms with Crippen LogP contribution in [0, 0.1) is 0 Å². The molecule has 0 fully saturated rings. The lowest BCUT2D eigenvalue weighted by atomic mass is 10.4. The van der Waals surface area contributed by atoms with E-state index >= 15 is 0 Å². The van der Waals surface area contributed by atoms with Gasteiger partial charge >= 0.3 is 6.03 Å². The first-order chi connectivity index (χ1) is 8.13. The predicted octanol–water partition coefficient (Wildman–Crippen LogP) is -0.263. The molecule has 0 saturated carbocycles. The van der Waals surface area contributed by atoms with Crippen LogP contribution in [0.5, 0.6) is 0 Å². The molecular weight excluding hydrogens is 242 g/mol. The molecule has 1 heterocycles. The Morgan fingerprint density at radius 3 is 2.82 bits per heavy atom. The van der Waals surface area contributed by atoms with Crippen molar-refractivity contribution in [3.63, 3.8) is 0 Å². The topological polar surface area (TPSA) is 95.7 Å². The summed E-state index contributed by atoms with van der Waals surface area (Å²) in [4.78, 5) is 24.7. The van der Waals surface area contributed by atoms with E-state index in [4.69, 9.17) is 10.8 Å². The van der Waals surface area contributed by atoms with Crippen LogP contribution in [-0.4, -0.2) is 41.6 Å². The Kier molecular flexibility index (Phi) is 5.44. The van der Waals surface area contributed by atoms with E-state index in [1.54, 1.807) is 0 Å². The van der Waals surface area contributed by atoms with Crippen LogP contribution in [0.4, 0.5) is 4.79 Å². The van der Waals surface area contributed by atoms with E-state index in [-0.39, 0.29) is 25.6 Å². The largest absolute Gasteiger partial charge is 0.395 e. The smallest absolute Gasteiger partial charge is 0.312 e. The molecular formula is C10H15N3O3S. The minimum absolute atomic E-state index is 0.117. The minimum atomic E-state index is -0.738. The standard InChI is InChI=1S/C10H15N3O3S/c11-10(16)12-6-9(15)13(3-4-14)7-8-2-1-5-17-8/h1-2,5,14H,3-4,6-7H2,(H3,11,12,16). The molecule has 0 spiro atoms. The summed E-state index contributed by atoms with van der Waals surface area (Å²) in [5.74, 6) is -0.272. The SMILES string of the molecule is NC(=O)NCC(=O)N(CCO)Cc1cccs1. The van der Waals surface area contributed by atoms with E-state index in [1.807, 2.05) is 17.5 Å². The Balaban J connectivity index is 2.52. The zero-order valence-corrected chi connectivity index (χ0v) is 10.1. The first-order valence-corrected chi connectivity index (χ1v) is 5.95. The molecule has 0 bridgehead atoms. The Labute approximate surface area is 103 Å². The highest BCUT2D eigenvalue weighted by atomic mass is 32.1. The summed E-state index contributed by atoms with van der Waals surface area (Å²) in [5, 5.41) is 13.0. The first kappa shape index (κ1) is 13.5. The number of carbonyl (C=O) groups excluding carboxylic acids is 2. The maximum absolute atomic E-state index is 11.7. The van der Waals surface area contributed by atoms with E-state index < -0.39 is 6.03 Å². The van der Waals surface area contributed by atoms with Crippen molar-refractivity contribution in [2.75, 3.05) is 19.7 Å². The number of nitrogens with one attached hydrogen (secondary N) is 1. The average Bonchev–Trinajstić information content (AvgIpc) is 2.78. The molecule has 1 aromatic rings. The third-order valence-electron chi connectivity index (χ3n) is 2.06. The van der Waals surface area contributed by atoms with Crippen LogP contribution >= 0.6 is 11.3 Å². The number of primary amides is 1. The first-order valence-electron chi connectivity index (χ1n) is 5.08. The Hall–Kier alpha value is -1.60. The highest BCUT2D eigenvalue weighted by molar-refractivity contribution is 7.09. The molecule has 0 aliphatic heterocycles. The number of nitrogens with zero attached hydrogens (tertiary/aromatic N) is 1. The lowest BCUT2D eigenvalue weighted by molar-refractivity contribution is -0.131. The van der Waals surface area contributed by atoms with Gasteiger partial charge in [0, 0.05) is 11.4 Å². The molecule has 1 aromatic heterocycles. The van der Waals surface area contributed by atoms with Crippen LogP contribution in [0.3, 0.4) is 0 Å². The van der Waals surface area contributed by atoms with Gasteiger partial charge in [-0.3, -0.25) is 4.79 Å². The van der Waals surface area contributed by atoms with Crippen molar-refractivity contribution in [2.24, 2.45) is 5.73 Å². The number of aliphatic hydroxyl groups is 1. The van der Waals surface area contributed by atoms with Crippen LogP contribution in [-0.2, 0) is 11.3 Å². The van der Waals surface area contributed by atoms with Gasteiger partial charge in [0.15, 0.2) is 0 Å². The number of thiophene rings is 1. The van der Waals surface area contributed by atoms with E-state index in [2.05, 4.69) is 5.32 Å². The van der Waals surface area contributed by atoms with Crippen molar-refractivity contribution in [1.82, 2.24) is 10.2 Å². The summed E-state index contributed by atoms with van der Waals surface area (Å²) in [6.45, 7) is 0.392. The summed E-state index contributed by atoms with van der Waals surface area (Å²) in [6.07, 6.45) is 0. The average molecular weight is 257 g/mol. The molecule has 7 heteroatoms. The van der Waals surface area contributed by atoms with Gasteiger partial charge in [-0.2, -0.15) is 0 Å². The van der Waals surface area contributed by atoms with Crippen LogP contribution in [0.25, 0.3) is 0 Å². The Bertz CT molecular complexity index is 367. The molecule has 0 aliphatic carbocycles. The molecule has 4 N–H and O–H groups in total. The van der Waals surface area contributed by atoms with E-state index in [0.717, 1.165) is 4.88 Å². The number of aliphatic hydroxyl groups excluding tert-OH is 1. The number of amides is 3. The van der Waals surface area contributed by atoms with Crippen LogP contribution in [0.2, 0.25) is 0 Å². The van der Waals surface area contributed by atoms with Gasteiger partial charge in [0.2, 0.25) is 5.91 Å². The second-order valence-corrected chi connectivity index (χ2v) is 4.37. The third kappa shape index (κ3) is 4.83. The zero-order chi connectivity index (χ0) is 12.7. The van der Waals surface area contributed by atoms with Gasteiger partial charge in [-0.1, -0.05) is 6.07 Å². The third-order valence-corrected chi connectivity index (χ3v) is 2.92. The Morgan fingerprint density at radius 1 is 1.53 bits per heavy atom. The lowest BCUT2D eigenvalue weighted by Gasteiger charge is -2.21. The summed E-state index contributed by atoms with van der Waals surface area (Å²) in [6, 6.07) is 3.06. The fourth-order valence-corrected chi connectivity index (χ4v) is 2.00. The van der Waals surface area contributed by atoms with E-state index in [1.165, 1.54) is 16.2 Å². The van der Waals surface area contributed by atoms with Gasteiger partial charge in [-0.05, 0) is 11.4 Å². The molecule has 3 amide bonds. The van der Waals surface area contributed by atoms with Crippen molar-refractivity contribution in [2.45, 2.75) is 6.54 Å². The minimum Gasteiger partial charge on any atom is -0.395 e. The number of urea groups is 1. The fourth-order valence-electron chi connectivity index (χ4n) is 1.28. The fraction of sp³-hybridized carbons (Fsp3) is 0.400. The second-order valence-electron chi connectivity index (χ2n) is 3.34. The van der Waals surface area contributed by atoms with Crippen molar-refractivity contribution in [1.29, 1.82) is 0 Å². The molecule has 0 saturated heterocycles. The van der Waals surface area contributed by atoms with Crippen LogP contribution in [0.15, 0.2) is 17.5 Å². The summed E-state index contributed by atoms with van der Waals surface area (Å²) in [7, 11) is 0. The second kappa shape index (κ2) is 6.87. The van der Waals surface area contributed by atoms with Crippen molar-refractivity contribution in [3.05, 3.63) is 22.4 Å². The lowest BCUT2D eigenvalue weighted by Crippen LogP contribution is -2.42. The van der Waals surface area contributed by atoms with Crippen LogP contribution < -0.4 is 11.1 Å². The maximum Gasteiger partial charge on any atom is 0.312 e. The number of carbonyl (C=O) groups is 2. The number of hydrogen-bond donors (Lipinski definition) is 3. The molecule has 94 valence electrons. The zero-order valence-electron chi connectivity index (χ0n) is 9.26. The van der Waals surface area contributed by atoms with Gasteiger partial charge in [-0.15, -0.1) is 11.3 Å². The predicted molar refractivity (Wildman–Crippen MR) is 64.4 cm³/mol. The molecule has 0 unspecified atom stereocenters. The molecule has 0 aromatic carbocycles.